The van der Waals surface area contributed by atoms with E-state index in [1.165, 1.54) is 7.11 Å². The molecule has 0 spiro atoms. The van der Waals surface area contributed by atoms with E-state index in [2.05, 4.69) is 5.10 Å². The smallest absolute Gasteiger partial charge is 0.354 e. The summed E-state index contributed by atoms with van der Waals surface area (Å²) >= 11 is 0. The Bertz CT molecular complexity index is 816. The van der Waals surface area contributed by atoms with Crippen LogP contribution in [0.2, 0.25) is 0 Å². The van der Waals surface area contributed by atoms with Crippen LogP contribution in [-0.4, -0.2) is 27.4 Å². The Morgan fingerprint density at radius 3 is 2.90 bits per heavy atom. The largest absolute Gasteiger partial charge is 0.464 e. The molecule has 0 unspecified atom stereocenters. The molecule has 2 aromatic heterocycles. The first-order valence-corrected chi connectivity index (χ1v) is 6.54. The number of anilines is 1. The molecule has 0 fully saturated rings. The first-order valence-electron chi connectivity index (χ1n) is 6.54. The van der Waals surface area contributed by atoms with Gasteiger partial charge in [-0.2, -0.15) is 5.10 Å². The highest BCUT2D eigenvalue weighted by atomic mass is 16.5. The fourth-order valence-electron chi connectivity index (χ4n) is 2.51. The third-order valence-electron chi connectivity index (χ3n) is 3.47. The number of carbonyl (C=O) groups excluding carboxylic acids is 1. The molecule has 0 atom stereocenters. The van der Waals surface area contributed by atoms with Gasteiger partial charge in [-0.3, -0.25) is 4.68 Å². The number of methoxy groups -OCH3 is 1. The maximum absolute atomic E-state index is 11.8. The van der Waals surface area contributed by atoms with Gasteiger partial charge in [-0.05, 0) is 12.1 Å². The molecule has 0 aliphatic carbocycles. The van der Waals surface area contributed by atoms with Crippen molar-refractivity contribution < 1.29 is 9.53 Å². The number of para-hydroxylation sites is 1. The highest BCUT2D eigenvalue weighted by Crippen LogP contribution is 2.20. The Kier molecular flexibility index (Phi) is 3.13. The summed E-state index contributed by atoms with van der Waals surface area (Å²) in [5.74, 6) is -0.410. The maximum Gasteiger partial charge on any atom is 0.354 e. The van der Waals surface area contributed by atoms with Gasteiger partial charge in [-0.25, -0.2) is 4.79 Å². The van der Waals surface area contributed by atoms with Gasteiger partial charge >= 0.3 is 5.97 Å². The molecule has 1 aromatic carbocycles. The Morgan fingerprint density at radius 1 is 1.38 bits per heavy atom. The monoisotopic (exact) mass is 284 g/mol. The van der Waals surface area contributed by atoms with E-state index in [4.69, 9.17) is 10.5 Å². The fourth-order valence-corrected chi connectivity index (χ4v) is 2.51. The molecule has 3 rings (SSSR count). The minimum atomic E-state index is -0.410. The van der Waals surface area contributed by atoms with Gasteiger partial charge in [-0.1, -0.05) is 18.2 Å². The number of ether oxygens (including phenoxy) is 1. The second-order valence-corrected chi connectivity index (χ2v) is 4.87. The normalized spacial score (nSPS) is 11.0. The summed E-state index contributed by atoms with van der Waals surface area (Å²) in [6.45, 7) is 0.461. The quantitative estimate of drug-likeness (QED) is 0.744. The molecule has 2 N–H and O–H groups in total. The van der Waals surface area contributed by atoms with E-state index in [1.54, 1.807) is 16.8 Å². The zero-order valence-electron chi connectivity index (χ0n) is 11.9. The molecule has 0 aliphatic heterocycles. The van der Waals surface area contributed by atoms with Crippen molar-refractivity contribution in [3.63, 3.8) is 0 Å². The molecule has 0 saturated carbocycles. The first-order chi connectivity index (χ1) is 10.1. The number of nitrogens with two attached hydrogens (primary N) is 1. The van der Waals surface area contributed by atoms with Crippen molar-refractivity contribution >= 4 is 22.6 Å². The summed E-state index contributed by atoms with van der Waals surface area (Å²) in [5.41, 5.74) is 8.67. The maximum atomic E-state index is 11.8. The third-order valence-corrected chi connectivity index (χ3v) is 3.47. The number of rotatable bonds is 3. The van der Waals surface area contributed by atoms with Gasteiger partial charge in [0, 0.05) is 18.6 Å². The summed E-state index contributed by atoms with van der Waals surface area (Å²) in [6, 6.07) is 9.58. The number of hydrogen-bond donors (Lipinski definition) is 1. The average molecular weight is 284 g/mol. The van der Waals surface area contributed by atoms with Crippen molar-refractivity contribution in [2.45, 2.75) is 6.54 Å². The highest BCUT2D eigenvalue weighted by molar-refractivity contribution is 5.89. The summed E-state index contributed by atoms with van der Waals surface area (Å²) in [5, 5.41) is 5.58. The van der Waals surface area contributed by atoms with Crippen molar-refractivity contribution in [3.05, 3.63) is 47.9 Å². The highest BCUT2D eigenvalue weighted by Gasteiger charge is 2.16. The number of carbonyl (C=O) groups is 1. The lowest BCUT2D eigenvalue weighted by Crippen LogP contribution is -2.11. The SMILES string of the molecule is COC(=O)c1cc(N)cn1Cc1nn(C)c2ccccc12. The Labute approximate surface area is 121 Å². The molecule has 21 heavy (non-hydrogen) atoms. The lowest BCUT2D eigenvalue weighted by Gasteiger charge is -2.05. The molecule has 0 bridgehead atoms. The van der Waals surface area contributed by atoms with Crippen LogP contribution in [0.4, 0.5) is 5.69 Å². The topological polar surface area (TPSA) is 75.1 Å². The van der Waals surface area contributed by atoms with E-state index in [-0.39, 0.29) is 0 Å². The standard InChI is InChI=1S/C15H16N4O2/c1-18-13-6-4-3-5-11(13)12(17-18)9-19-8-10(16)7-14(19)15(20)21-2/h3-8H,9,16H2,1-2H3. The van der Waals surface area contributed by atoms with Crippen LogP contribution in [0.25, 0.3) is 10.9 Å². The fraction of sp³-hybridized carbons (Fsp3) is 0.200. The Balaban J connectivity index is 2.05. The third kappa shape index (κ3) is 2.24. The van der Waals surface area contributed by atoms with E-state index in [0.717, 1.165) is 16.6 Å². The van der Waals surface area contributed by atoms with Crippen LogP contribution in [-0.2, 0) is 18.3 Å². The molecule has 2 heterocycles. The molecular formula is C15H16N4O2. The molecule has 6 heteroatoms. The number of aryl methyl sites for hydroxylation is 1. The Morgan fingerprint density at radius 2 is 2.14 bits per heavy atom. The van der Waals surface area contributed by atoms with E-state index in [1.807, 2.05) is 36.0 Å². The summed E-state index contributed by atoms with van der Waals surface area (Å²) in [7, 11) is 3.25. The van der Waals surface area contributed by atoms with E-state index < -0.39 is 5.97 Å². The minimum Gasteiger partial charge on any atom is -0.464 e. The van der Waals surface area contributed by atoms with Gasteiger partial charge in [-0.15, -0.1) is 0 Å². The van der Waals surface area contributed by atoms with Crippen molar-refractivity contribution in [3.8, 4) is 0 Å². The van der Waals surface area contributed by atoms with Crippen LogP contribution < -0.4 is 5.73 Å². The summed E-state index contributed by atoms with van der Waals surface area (Å²) in [4.78, 5) is 11.8. The van der Waals surface area contributed by atoms with Crippen LogP contribution in [0.1, 0.15) is 16.2 Å². The Hall–Kier alpha value is -2.76. The number of benzene rings is 1. The van der Waals surface area contributed by atoms with Gasteiger partial charge in [0.25, 0.3) is 0 Å². The van der Waals surface area contributed by atoms with Gasteiger partial charge in [0.15, 0.2) is 0 Å². The van der Waals surface area contributed by atoms with Gasteiger partial charge in [0.05, 0.1) is 30.6 Å². The van der Waals surface area contributed by atoms with Crippen LogP contribution in [0.15, 0.2) is 36.5 Å². The molecule has 3 aromatic rings. The lowest BCUT2D eigenvalue weighted by atomic mass is 10.2. The van der Waals surface area contributed by atoms with Crippen molar-refractivity contribution in [2.24, 2.45) is 7.05 Å². The van der Waals surface area contributed by atoms with Crippen molar-refractivity contribution in [1.29, 1.82) is 0 Å². The molecule has 6 nitrogen and oxygen atoms in total. The van der Waals surface area contributed by atoms with E-state index in [0.29, 0.717) is 17.9 Å². The average Bonchev–Trinajstić information content (AvgIpc) is 3.00. The molecule has 0 radical (unpaired) electrons. The number of nitrogen functional groups attached to an aromatic ring is 1. The zero-order chi connectivity index (χ0) is 15.0. The van der Waals surface area contributed by atoms with Crippen LogP contribution >= 0.6 is 0 Å². The number of hydrogen-bond acceptors (Lipinski definition) is 4. The number of nitrogens with zero attached hydrogens (tertiary/aromatic N) is 3. The van der Waals surface area contributed by atoms with Crippen LogP contribution in [0.3, 0.4) is 0 Å². The predicted molar refractivity (Wildman–Crippen MR) is 80.0 cm³/mol. The van der Waals surface area contributed by atoms with E-state index in [9.17, 15) is 4.79 Å². The van der Waals surface area contributed by atoms with Gasteiger partial charge in [0.2, 0.25) is 0 Å². The van der Waals surface area contributed by atoms with Crippen LogP contribution in [0, 0.1) is 0 Å². The van der Waals surface area contributed by atoms with Gasteiger partial charge < -0.3 is 15.0 Å². The summed E-state index contributed by atoms with van der Waals surface area (Å²) in [6.07, 6.45) is 1.72. The number of aromatic nitrogens is 3. The number of fused-ring (bicyclic) bond motifs is 1. The van der Waals surface area contributed by atoms with Crippen molar-refractivity contribution in [2.75, 3.05) is 12.8 Å². The lowest BCUT2D eigenvalue weighted by molar-refractivity contribution is 0.0589. The molecule has 108 valence electrons. The number of esters is 1. The molecule has 0 aliphatic rings. The summed E-state index contributed by atoms with van der Waals surface area (Å²) < 4.78 is 8.37. The molecule has 0 saturated heterocycles. The molecule has 0 amide bonds. The minimum absolute atomic E-state index is 0.410. The van der Waals surface area contributed by atoms with Gasteiger partial charge in [0.1, 0.15) is 5.69 Å². The van der Waals surface area contributed by atoms with Crippen molar-refractivity contribution in [1.82, 2.24) is 14.3 Å². The molecular weight excluding hydrogens is 268 g/mol. The second kappa shape index (κ2) is 4.97. The zero-order valence-corrected chi connectivity index (χ0v) is 11.9. The first kappa shape index (κ1) is 13.2. The second-order valence-electron chi connectivity index (χ2n) is 4.87. The van der Waals surface area contributed by atoms with E-state index >= 15 is 0 Å². The predicted octanol–water partition coefficient (Wildman–Crippen LogP) is 1.79. The van der Waals surface area contributed by atoms with Crippen LogP contribution in [0.5, 0.6) is 0 Å².